The van der Waals surface area contributed by atoms with Crippen LogP contribution in [0.2, 0.25) is 0 Å². The molecule has 0 aliphatic rings. The van der Waals surface area contributed by atoms with Crippen LogP contribution in [0.1, 0.15) is 78.6 Å². The van der Waals surface area contributed by atoms with Gasteiger partial charge in [-0.15, -0.1) is 0 Å². The van der Waals surface area contributed by atoms with Crippen LogP contribution in [0.5, 0.6) is 0 Å². The minimum atomic E-state index is -0.963. The molecule has 39 heavy (non-hydrogen) atoms. The second-order valence-electron chi connectivity index (χ2n) is 9.44. The fraction of sp³-hybridized carbons (Fsp3) is 0.533. The molecule has 0 aromatic rings. The Kier molecular flexibility index (Phi) is 25.0. The maximum absolute atomic E-state index is 11.9. The van der Waals surface area contributed by atoms with Crippen LogP contribution in [0, 0.1) is 11.3 Å². The zero-order valence-corrected chi connectivity index (χ0v) is 24.6. The average molecular weight is 545 g/mol. The first-order valence-electron chi connectivity index (χ1n) is 13.6. The van der Waals surface area contributed by atoms with E-state index in [-0.39, 0.29) is 23.7 Å². The summed E-state index contributed by atoms with van der Waals surface area (Å²) >= 11 is 0. The normalized spacial score (nSPS) is 13.0. The molecule has 0 spiro atoms. The number of allylic oxidation sites excluding steroid dienone is 10. The Bertz CT molecular complexity index is 855. The van der Waals surface area contributed by atoms with Crippen molar-refractivity contribution in [3.63, 3.8) is 0 Å². The molecular weight excluding hydrogens is 492 g/mol. The highest BCUT2D eigenvalue weighted by molar-refractivity contribution is 5.91. The smallest absolute Gasteiger partial charge is 0.326 e. The highest BCUT2D eigenvalue weighted by Crippen LogP contribution is 2.06. The molecule has 0 aromatic heterocycles. The number of carbonyl (C=O) groups excluding carboxylic acids is 1. The number of nitrogens with one attached hydrogen (secondary N) is 2. The van der Waals surface area contributed by atoms with Crippen molar-refractivity contribution in [3.8, 4) is 0 Å². The van der Waals surface area contributed by atoms with Gasteiger partial charge >= 0.3 is 5.97 Å². The first-order valence-corrected chi connectivity index (χ1v) is 13.6. The van der Waals surface area contributed by atoms with Gasteiger partial charge < -0.3 is 26.8 Å². The minimum Gasteiger partial charge on any atom is -0.480 e. The van der Waals surface area contributed by atoms with E-state index < -0.39 is 12.0 Å². The molecule has 0 aliphatic heterocycles. The van der Waals surface area contributed by atoms with Gasteiger partial charge in [0.1, 0.15) is 6.04 Å². The number of hydrogen-bond acceptors (Lipinski definition) is 3. The van der Waals surface area contributed by atoms with Crippen molar-refractivity contribution in [2.24, 2.45) is 22.4 Å². The van der Waals surface area contributed by atoms with Crippen molar-refractivity contribution in [2.75, 3.05) is 14.1 Å². The zero-order valence-electron chi connectivity index (χ0n) is 24.6. The van der Waals surface area contributed by atoms with E-state index in [0.717, 1.165) is 44.9 Å². The number of nitrogens with zero attached hydrogens (tertiary/aromatic N) is 2. The van der Waals surface area contributed by atoms with E-state index in [4.69, 9.17) is 22.0 Å². The molecule has 0 rings (SSSR count). The topological polar surface area (TPSA) is 158 Å². The standard InChI is InChI=1S/C26H41NO3.C4H11N5/c1-4-5-6-7-8-9-10-11-12-13-14-15-16-17-18-19-20-21-25(28)27-24(26(29)30)22-23(2)3;1-9(2)4(7)8-3(5)6/h5-6,8-9,11-12,14-15,17-18,23-24H,4,7,10,13,16,19-22H2,1-3H3,(H,27,28)(H,29,30);1-2H3,(H5,5,6,7,8)/b6-5-,9-8-,12-11-,15-14-,18-17-;/t24-;/m0./s1. The van der Waals surface area contributed by atoms with Gasteiger partial charge in [-0.2, -0.15) is 4.99 Å². The third kappa shape index (κ3) is 28.8. The molecule has 0 unspecified atom stereocenters. The third-order valence-electron chi connectivity index (χ3n) is 4.97. The fourth-order valence-electron chi connectivity index (χ4n) is 2.93. The quantitative estimate of drug-likeness (QED) is 0.0725. The van der Waals surface area contributed by atoms with Crippen LogP contribution in [-0.2, 0) is 9.59 Å². The first-order chi connectivity index (χ1) is 18.5. The molecule has 0 saturated heterocycles. The van der Waals surface area contributed by atoms with Crippen molar-refractivity contribution < 1.29 is 14.7 Å². The number of carboxylic acids is 1. The van der Waals surface area contributed by atoms with Gasteiger partial charge in [-0.3, -0.25) is 10.2 Å². The highest BCUT2D eigenvalue weighted by Gasteiger charge is 2.20. The van der Waals surface area contributed by atoms with Crippen molar-refractivity contribution in [1.29, 1.82) is 5.41 Å². The molecule has 0 aromatic carbocycles. The number of carboxylic acid groups (broad SMARTS) is 1. The van der Waals surface area contributed by atoms with Crippen LogP contribution < -0.4 is 16.8 Å². The number of carbonyl (C=O) groups is 2. The zero-order chi connectivity index (χ0) is 29.9. The highest BCUT2D eigenvalue weighted by atomic mass is 16.4. The third-order valence-corrected chi connectivity index (χ3v) is 4.97. The molecule has 220 valence electrons. The Labute approximate surface area is 236 Å². The molecule has 0 heterocycles. The molecular formula is C30H52N6O3. The summed E-state index contributed by atoms with van der Waals surface area (Å²) in [5, 5.41) is 18.5. The summed E-state index contributed by atoms with van der Waals surface area (Å²) in [4.78, 5) is 28.1. The Morgan fingerprint density at radius 2 is 1.36 bits per heavy atom. The van der Waals surface area contributed by atoms with Crippen LogP contribution in [0.3, 0.4) is 0 Å². The number of aliphatic imine (C=N–C) groups is 1. The average Bonchev–Trinajstić information content (AvgIpc) is 2.85. The number of hydrogen-bond donors (Lipinski definition) is 5. The Morgan fingerprint density at radius 1 is 0.897 bits per heavy atom. The monoisotopic (exact) mass is 544 g/mol. The summed E-state index contributed by atoms with van der Waals surface area (Å²) in [7, 11) is 3.45. The molecule has 1 amide bonds. The summed E-state index contributed by atoms with van der Waals surface area (Å²) < 4.78 is 0. The van der Waals surface area contributed by atoms with Crippen LogP contribution in [0.4, 0.5) is 0 Å². The predicted molar refractivity (Wildman–Crippen MR) is 165 cm³/mol. The van der Waals surface area contributed by atoms with Crippen LogP contribution in [0.15, 0.2) is 65.8 Å². The van der Waals surface area contributed by atoms with E-state index >= 15 is 0 Å². The minimum absolute atomic E-state index is 0.185. The molecule has 9 nitrogen and oxygen atoms in total. The van der Waals surface area contributed by atoms with Gasteiger partial charge in [-0.25, -0.2) is 4.79 Å². The molecule has 0 aliphatic carbocycles. The van der Waals surface area contributed by atoms with E-state index in [1.54, 1.807) is 19.0 Å². The van der Waals surface area contributed by atoms with Crippen molar-refractivity contribution >= 4 is 23.8 Å². The van der Waals surface area contributed by atoms with Crippen LogP contribution >= 0.6 is 0 Å². The number of aliphatic carboxylic acids is 1. The summed E-state index contributed by atoms with van der Waals surface area (Å²) in [5.41, 5.74) is 10.2. The number of guanidine groups is 2. The van der Waals surface area contributed by atoms with Crippen molar-refractivity contribution in [2.45, 2.75) is 84.6 Å². The van der Waals surface area contributed by atoms with Gasteiger partial charge in [0.05, 0.1) is 0 Å². The number of unbranched alkanes of at least 4 members (excludes halogenated alkanes) is 1. The second-order valence-corrected chi connectivity index (χ2v) is 9.44. The Balaban J connectivity index is 0. The maximum atomic E-state index is 11.9. The number of rotatable bonds is 17. The van der Waals surface area contributed by atoms with E-state index in [1.807, 2.05) is 13.8 Å². The molecule has 0 saturated carbocycles. The molecule has 7 N–H and O–H groups in total. The van der Waals surface area contributed by atoms with Gasteiger partial charge in [0.2, 0.25) is 11.9 Å². The summed E-state index contributed by atoms with van der Waals surface area (Å²) in [6.07, 6.45) is 28.9. The van der Waals surface area contributed by atoms with E-state index in [0.29, 0.717) is 12.8 Å². The van der Waals surface area contributed by atoms with Crippen LogP contribution in [0.25, 0.3) is 0 Å². The molecule has 1 atom stereocenters. The lowest BCUT2D eigenvalue weighted by molar-refractivity contribution is -0.142. The van der Waals surface area contributed by atoms with Gasteiger partial charge in [-0.1, -0.05) is 81.5 Å². The summed E-state index contributed by atoms with van der Waals surface area (Å²) in [5.74, 6) is -0.957. The van der Waals surface area contributed by atoms with Crippen molar-refractivity contribution in [3.05, 3.63) is 60.8 Å². The van der Waals surface area contributed by atoms with Crippen LogP contribution in [-0.4, -0.2) is 53.9 Å². The van der Waals surface area contributed by atoms with E-state index in [2.05, 4.69) is 78.0 Å². The Hall–Kier alpha value is -3.62. The van der Waals surface area contributed by atoms with Gasteiger partial charge in [-0.05, 0) is 57.3 Å². The maximum Gasteiger partial charge on any atom is 0.326 e. The largest absolute Gasteiger partial charge is 0.480 e. The summed E-state index contributed by atoms with van der Waals surface area (Å²) in [6, 6.07) is -0.786. The van der Waals surface area contributed by atoms with E-state index in [1.165, 1.54) is 0 Å². The molecule has 0 fully saturated rings. The van der Waals surface area contributed by atoms with Gasteiger partial charge in [0, 0.05) is 20.5 Å². The SMILES string of the molecule is CC/C=C\C/C=C\C/C=C\C/C=C\C/C=C\CCCC(=O)N[C@@H](CC(C)C)C(=O)O.CN(C)C(N)=NC(=N)N. The Morgan fingerprint density at radius 3 is 1.72 bits per heavy atom. The summed E-state index contributed by atoms with van der Waals surface area (Å²) in [6.45, 7) is 6.04. The lowest BCUT2D eigenvalue weighted by atomic mass is 10.0. The second kappa shape index (κ2) is 26.0. The van der Waals surface area contributed by atoms with Crippen molar-refractivity contribution in [1.82, 2.24) is 10.2 Å². The molecule has 0 radical (unpaired) electrons. The first kappa shape index (κ1) is 37.5. The number of amides is 1. The van der Waals surface area contributed by atoms with E-state index in [9.17, 15) is 9.59 Å². The lowest BCUT2D eigenvalue weighted by Crippen LogP contribution is -2.41. The lowest BCUT2D eigenvalue weighted by Gasteiger charge is -2.16. The molecule has 0 bridgehead atoms. The molecule has 9 heteroatoms. The predicted octanol–water partition coefficient (Wildman–Crippen LogP) is 5.28. The number of nitrogens with two attached hydrogens (primary N) is 2. The van der Waals surface area contributed by atoms with Gasteiger partial charge in [0.25, 0.3) is 0 Å². The van der Waals surface area contributed by atoms with Gasteiger partial charge in [0.15, 0.2) is 5.96 Å². The fourth-order valence-corrected chi connectivity index (χ4v) is 2.93.